The fraction of sp³-hybridized carbons (Fsp3) is 1.00. The molecule has 2 N–H and O–H groups in total. The fourth-order valence-corrected chi connectivity index (χ4v) is 2.84. The predicted molar refractivity (Wildman–Crippen MR) is 53.4 cm³/mol. The molecule has 4 atom stereocenters. The van der Waals surface area contributed by atoms with Gasteiger partial charge in [-0.3, -0.25) is 0 Å². The maximum absolute atomic E-state index is 6.27. The monoisotopic (exact) mass is 183 g/mol. The molecule has 2 aliphatic rings. The number of hydrogen-bond acceptors (Lipinski definition) is 2. The molecule has 0 aromatic heterocycles. The average molecular weight is 183 g/mol. The highest BCUT2D eigenvalue weighted by molar-refractivity contribution is 4.86. The Balaban J connectivity index is 1.85. The molecule has 13 heavy (non-hydrogen) atoms. The van der Waals surface area contributed by atoms with Gasteiger partial charge >= 0.3 is 0 Å². The van der Waals surface area contributed by atoms with E-state index in [4.69, 9.17) is 10.5 Å². The molecule has 2 fully saturated rings. The zero-order valence-corrected chi connectivity index (χ0v) is 8.54. The van der Waals surface area contributed by atoms with Gasteiger partial charge in [0.05, 0.1) is 6.61 Å². The first-order chi connectivity index (χ1) is 6.27. The molecule has 1 saturated carbocycles. The van der Waals surface area contributed by atoms with E-state index in [1.165, 1.54) is 25.7 Å². The Morgan fingerprint density at radius 3 is 2.62 bits per heavy atom. The molecule has 0 bridgehead atoms. The van der Waals surface area contributed by atoms with Crippen molar-refractivity contribution < 1.29 is 4.74 Å². The van der Waals surface area contributed by atoms with Crippen LogP contribution in [-0.4, -0.2) is 19.3 Å². The summed E-state index contributed by atoms with van der Waals surface area (Å²) < 4.78 is 5.38. The SMILES string of the molecule is CC1CCC(C(N)C2CCOC2)C1. The molecule has 0 aromatic carbocycles. The molecule has 2 nitrogen and oxygen atoms in total. The van der Waals surface area contributed by atoms with Gasteiger partial charge in [0.25, 0.3) is 0 Å². The van der Waals surface area contributed by atoms with Crippen molar-refractivity contribution in [3.05, 3.63) is 0 Å². The highest BCUT2D eigenvalue weighted by atomic mass is 16.5. The molecule has 76 valence electrons. The first kappa shape index (κ1) is 9.47. The minimum atomic E-state index is 0.410. The van der Waals surface area contributed by atoms with E-state index in [1.54, 1.807) is 0 Å². The molecular weight excluding hydrogens is 162 g/mol. The second-order valence-electron chi connectivity index (χ2n) is 4.88. The van der Waals surface area contributed by atoms with Crippen molar-refractivity contribution in [1.29, 1.82) is 0 Å². The topological polar surface area (TPSA) is 35.2 Å². The van der Waals surface area contributed by atoms with E-state index in [2.05, 4.69) is 6.92 Å². The number of nitrogens with two attached hydrogens (primary N) is 1. The molecule has 2 heteroatoms. The lowest BCUT2D eigenvalue weighted by atomic mass is 9.87. The van der Waals surface area contributed by atoms with Gasteiger partial charge in [-0.15, -0.1) is 0 Å². The van der Waals surface area contributed by atoms with Gasteiger partial charge in [-0.1, -0.05) is 13.3 Å². The molecule has 1 saturated heterocycles. The largest absolute Gasteiger partial charge is 0.381 e. The molecule has 0 aromatic rings. The van der Waals surface area contributed by atoms with Crippen molar-refractivity contribution >= 4 is 0 Å². The van der Waals surface area contributed by atoms with Gasteiger partial charge in [-0.2, -0.15) is 0 Å². The maximum Gasteiger partial charge on any atom is 0.0510 e. The first-order valence-electron chi connectivity index (χ1n) is 5.60. The molecular formula is C11H21NO. The molecule has 2 rings (SSSR count). The molecule has 1 aliphatic heterocycles. The molecule has 1 aliphatic carbocycles. The van der Waals surface area contributed by atoms with Crippen LogP contribution < -0.4 is 5.73 Å². The van der Waals surface area contributed by atoms with Crippen LogP contribution in [-0.2, 0) is 4.74 Å². The second-order valence-corrected chi connectivity index (χ2v) is 4.88. The predicted octanol–water partition coefficient (Wildman–Crippen LogP) is 1.79. The molecule has 1 heterocycles. The van der Waals surface area contributed by atoms with E-state index in [-0.39, 0.29) is 0 Å². The van der Waals surface area contributed by atoms with Gasteiger partial charge in [0, 0.05) is 12.6 Å². The van der Waals surface area contributed by atoms with Gasteiger partial charge in [0.15, 0.2) is 0 Å². The van der Waals surface area contributed by atoms with Crippen LogP contribution >= 0.6 is 0 Å². The van der Waals surface area contributed by atoms with Gasteiger partial charge < -0.3 is 10.5 Å². The number of rotatable bonds is 2. The van der Waals surface area contributed by atoms with Gasteiger partial charge in [-0.05, 0) is 37.0 Å². The normalized spacial score (nSPS) is 42.5. The van der Waals surface area contributed by atoms with Crippen LogP contribution in [0.1, 0.15) is 32.6 Å². The Morgan fingerprint density at radius 1 is 1.23 bits per heavy atom. The van der Waals surface area contributed by atoms with E-state index in [0.29, 0.717) is 12.0 Å². The first-order valence-corrected chi connectivity index (χ1v) is 5.60. The Kier molecular flexibility index (Phi) is 2.89. The van der Waals surface area contributed by atoms with Crippen LogP contribution in [0.5, 0.6) is 0 Å². The minimum absolute atomic E-state index is 0.410. The highest BCUT2D eigenvalue weighted by Crippen LogP contribution is 2.35. The van der Waals surface area contributed by atoms with Crippen LogP contribution in [0.15, 0.2) is 0 Å². The Labute approximate surface area is 80.8 Å². The molecule has 4 unspecified atom stereocenters. The quantitative estimate of drug-likeness (QED) is 0.708. The summed E-state index contributed by atoms with van der Waals surface area (Å²) in [5, 5.41) is 0. The van der Waals surface area contributed by atoms with E-state index in [9.17, 15) is 0 Å². The Bertz CT molecular complexity index is 165. The summed E-state index contributed by atoms with van der Waals surface area (Å²) in [6, 6.07) is 0.410. The lowest BCUT2D eigenvalue weighted by Gasteiger charge is -2.24. The summed E-state index contributed by atoms with van der Waals surface area (Å²) in [4.78, 5) is 0. The number of ether oxygens (including phenoxy) is 1. The molecule has 0 spiro atoms. The van der Waals surface area contributed by atoms with Crippen LogP contribution in [0.2, 0.25) is 0 Å². The van der Waals surface area contributed by atoms with E-state index in [1.807, 2.05) is 0 Å². The summed E-state index contributed by atoms with van der Waals surface area (Å²) in [6.45, 7) is 4.19. The zero-order valence-electron chi connectivity index (χ0n) is 8.54. The molecule has 0 radical (unpaired) electrons. The Hall–Kier alpha value is -0.0800. The van der Waals surface area contributed by atoms with Gasteiger partial charge in [-0.25, -0.2) is 0 Å². The lowest BCUT2D eigenvalue weighted by molar-refractivity contribution is 0.173. The minimum Gasteiger partial charge on any atom is -0.381 e. The maximum atomic E-state index is 6.27. The average Bonchev–Trinajstić information content (AvgIpc) is 2.72. The molecule has 0 amide bonds. The van der Waals surface area contributed by atoms with Gasteiger partial charge in [0.1, 0.15) is 0 Å². The number of hydrogen-bond donors (Lipinski definition) is 1. The highest BCUT2D eigenvalue weighted by Gasteiger charge is 2.32. The zero-order chi connectivity index (χ0) is 9.26. The third-order valence-corrected chi connectivity index (χ3v) is 3.79. The lowest BCUT2D eigenvalue weighted by Crippen LogP contribution is -2.36. The smallest absolute Gasteiger partial charge is 0.0510 e. The van der Waals surface area contributed by atoms with E-state index < -0.39 is 0 Å². The summed E-state index contributed by atoms with van der Waals surface area (Å²) in [5.41, 5.74) is 6.27. The van der Waals surface area contributed by atoms with Crippen LogP contribution in [0.25, 0.3) is 0 Å². The third kappa shape index (κ3) is 2.05. The standard InChI is InChI=1S/C11H21NO/c1-8-2-3-9(6-8)11(12)10-4-5-13-7-10/h8-11H,2-7,12H2,1H3. The van der Waals surface area contributed by atoms with Crippen LogP contribution in [0.3, 0.4) is 0 Å². The summed E-state index contributed by atoms with van der Waals surface area (Å²) in [6.07, 6.45) is 5.26. The summed E-state index contributed by atoms with van der Waals surface area (Å²) in [5.74, 6) is 2.33. The van der Waals surface area contributed by atoms with Gasteiger partial charge in [0.2, 0.25) is 0 Å². The van der Waals surface area contributed by atoms with Crippen LogP contribution in [0, 0.1) is 17.8 Å². The summed E-state index contributed by atoms with van der Waals surface area (Å²) >= 11 is 0. The second kappa shape index (κ2) is 3.97. The van der Waals surface area contributed by atoms with E-state index >= 15 is 0 Å². The van der Waals surface area contributed by atoms with Crippen molar-refractivity contribution in [2.24, 2.45) is 23.5 Å². The van der Waals surface area contributed by atoms with Crippen molar-refractivity contribution in [2.75, 3.05) is 13.2 Å². The van der Waals surface area contributed by atoms with E-state index in [0.717, 1.165) is 25.0 Å². The van der Waals surface area contributed by atoms with Crippen molar-refractivity contribution in [3.8, 4) is 0 Å². The third-order valence-electron chi connectivity index (χ3n) is 3.79. The van der Waals surface area contributed by atoms with Crippen molar-refractivity contribution in [3.63, 3.8) is 0 Å². The Morgan fingerprint density at radius 2 is 2.08 bits per heavy atom. The van der Waals surface area contributed by atoms with Crippen molar-refractivity contribution in [2.45, 2.75) is 38.6 Å². The fourth-order valence-electron chi connectivity index (χ4n) is 2.84. The van der Waals surface area contributed by atoms with Crippen LogP contribution in [0.4, 0.5) is 0 Å². The summed E-state index contributed by atoms with van der Waals surface area (Å²) in [7, 11) is 0. The van der Waals surface area contributed by atoms with Crippen molar-refractivity contribution in [1.82, 2.24) is 0 Å².